The molecule has 1 aromatic carbocycles. The van der Waals surface area contributed by atoms with E-state index < -0.39 is 0 Å². The molecular formula is C12H17FN2O. The summed E-state index contributed by atoms with van der Waals surface area (Å²) in [7, 11) is 0. The van der Waals surface area contributed by atoms with Crippen LogP contribution >= 0.6 is 0 Å². The number of rotatable bonds is 6. The van der Waals surface area contributed by atoms with Crippen LogP contribution in [0.4, 0.5) is 15.8 Å². The predicted molar refractivity (Wildman–Crippen MR) is 62.8 cm³/mol. The molecule has 1 fully saturated rings. The maximum atomic E-state index is 13.3. The van der Waals surface area contributed by atoms with Gasteiger partial charge >= 0.3 is 0 Å². The highest BCUT2D eigenvalue weighted by molar-refractivity contribution is 5.52. The number of halogens is 1. The molecule has 0 unspecified atom stereocenters. The Balaban J connectivity index is 1.67. The van der Waals surface area contributed by atoms with Gasteiger partial charge in [-0.25, -0.2) is 4.39 Å². The fraction of sp³-hybridized carbons (Fsp3) is 0.500. The molecule has 0 spiro atoms. The molecule has 3 N–H and O–H groups in total. The van der Waals surface area contributed by atoms with E-state index in [9.17, 15) is 4.39 Å². The number of hydrogen-bond donors (Lipinski definition) is 2. The molecule has 4 heteroatoms. The standard InChI is InChI=1S/C12H17FN2O/c13-11-7-10(14)3-4-12(11)15-5-6-16-8-9-1-2-9/h3-4,7,9,15H,1-2,5-6,8,14H2. The van der Waals surface area contributed by atoms with E-state index >= 15 is 0 Å². The van der Waals surface area contributed by atoms with Gasteiger partial charge in [-0.1, -0.05) is 0 Å². The van der Waals surface area contributed by atoms with Crippen LogP contribution in [0.25, 0.3) is 0 Å². The average molecular weight is 224 g/mol. The van der Waals surface area contributed by atoms with Crippen molar-refractivity contribution < 1.29 is 9.13 Å². The fourth-order valence-electron chi connectivity index (χ4n) is 1.47. The van der Waals surface area contributed by atoms with Crippen molar-refractivity contribution in [1.82, 2.24) is 0 Å². The molecule has 1 aliphatic carbocycles. The van der Waals surface area contributed by atoms with Gasteiger partial charge < -0.3 is 15.8 Å². The molecule has 1 aromatic rings. The van der Waals surface area contributed by atoms with E-state index in [1.165, 1.54) is 18.9 Å². The molecule has 0 saturated heterocycles. The van der Waals surface area contributed by atoms with Crippen molar-refractivity contribution in [1.29, 1.82) is 0 Å². The molecule has 0 bridgehead atoms. The fourth-order valence-corrected chi connectivity index (χ4v) is 1.47. The lowest BCUT2D eigenvalue weighted by Crippen LogP contribution is -2.11. The summed E-state index contributed by atoms with van der Waals surface area (Å²) in [6.07, 6.45) is 2.58. The van der Waals surface area contributed by atoms with Crippen molar-refractivity contribution in [2.24, 2.45) is 5.92 Å². The molecular weight excluding hydrogens is 207 g/mol. The highest BCUT2D eigenvalue weighted by atomic mass is 19.1. The van der Waals surface area contributed by atoms with Gasteiger partial charge in [0.15, 0.2) is 0 Å². The maximum absolute atomic E-state index is 13.3. The third-order valence-corrected chi connectivity index (χ3v) is 2.61. The van der Waals surface area contributed by atoms with Crippen LogP contribution in [0.15, 0.2) is 18.2 Å². The number of anilines is 2. The normalized spacial score (nSPS) is 15.1. The summed E-state index contributed by atoms with van der Waals surface area (Å²) in [5.41, 5.74) is 6.37. The van der Waals surface area contributed by atoms with E-state index in [4.69, 9.17) is 10.5 Å². The molecule has 0 aliphatic heterocycles. The molecule has 0 amide bonds. The monoisotopic (exact) mass is 224 g/mol. The predicted octanol–water partition coefficient (Wildman–Crippen LogP) is 2.25. The lowest BCUT2D eigenvalue weighted by molar-refractivity contribution is 0.134. The Labute approximate surface area is 94.8 Å². The van der Waals surface area contributed by atoms with Gasteiger partial charge in [0.25, 0.3) is 0 Å². The van der Waals surface area contributed by atoms with E-state index in [-0.39, 0.29) is 5.82 Å². The second-order valence-corrected chi connectivity index (χ2v) is 4.18. The van der Waals surface area contributed by atoms with Crippen molar-refractivity contribution >= 4 is 11.4 Å². The van der Waals surface area contributed by atoms with Gasteiger partial charge in [0.1, 0.15) is 5.82 Å². The Morgan fingerprint density at radius 2 is 2.25 bits per heavy atom. The van der Waals surface area contributed by atoms with E-state index in [2.05, 4.69) is 5.32 Å². The summed E-state index contributed by atoms with van der Waals surface area (Å²) in [5.74, 6) is 0.454. The summed E-state index contributed by atoms with van der Waals surface area (Å²) in [4.78, 5) is 0. The molecule has 16 heavy (non-hydrogen) atoms. The van der Waals surface area contributed by atoms with E-state index in [0.29, 0.717) is 24.5 Å². The van der Waals surface area contributed by atoms with Crippen molar-refractivity contribution in [3.05, 3.63) is 24.0 Å². The Morgan fingerprint density at radius 1 is 1.44 bits per heavy atom. The van der Waals surface area contributed by atoms with Gasteiger partial charge in [0.05, 0.1) is 12.3 Å². The molecule has 0 radical (unpaired) electrons. The molecule has 1 aliphatic rings. The first kappa shape index (κ1) is 11.2. The Hall–Kier alpha value is -1.29. The zero-order chi connectivity index (χ0) is 11.4. The number of nitrogen functional groups attached to an aromatic ring is 1. The Morgan fingerprint density at radius 3 is 2.94 bits per heavy atom. The van der Waals surface area contributed by atoms with Crippen LogP contribution in [0.1, 0.15) is 12.8 Å². The SMILES string of the molecule is Nc1ccc(NCCOCC2CC2)c(F)c1. The van der Waals surface area contributed by atoms with Crippen molar-refractivity contribution in [2.45, 2.75) is 12.8 Å². The first-order valence-electron chi connectivity index (χ1n) is 5.62. The smallest absolute Gasteiger partial charge is 0.148 e. The zero-order valence-electron chi connectivity index (χ0n) is 9.21. The number of ether oxygens (including phenoxy) is 1. The minimum atomic E-state index is -0.317. The summed E-state index contributed by atoms with van der Waals surface area (Å²) >= 11 is 0. The van der Waals surface area contributed by atoms with Gasteiger partial charge in [-0.05, 0) is 37.0 Å². The minimum absolute atomic E-state index is 0.317. The van der Waals surface area contributed by atoms with Gasteiger partial charge in [0, 0.05) is 18.8 Å². The number of benzene rings is 1. The molecule has 2 rings (SSSR count). The first-order chi connectivity index (χ1) is 7.75. The molecule has 0 aromatic heterocycles. The van der Waals surface area contributed by atoms with Crippen molar-refractivity contribution in [3.63, 3.8) is 0 Å². The van der Waals surface area contributed by atoms with Gasteiger partial charge in [-0.15, -0.1) is 0 Å². The van der Waals surface area contributed by atoms with Crippen LogP contribution < -0.4 is 11.1 Å². The van der Waals surface area contributed by atoms with Crippen LogP contribution in [0.3, 0.4) is 0 Å². The lowest BCUT2D eigenvalue weighted by atomic mass is 10.2. The highest BCUT2D eigenvalue weighted by Gasteiger charge is 2.20. The van der Waals surface area contributed by atoms with Crippen molar-refractivity contribution in [3.8, 4) is 0 Å². The topological polar surface area (TPSA) is 47.3 Å². The van der Waals surface area contributed by atoms with E-state index in [1.807, 2.05) is 0 Å². The van der Waals surface area contributed by atoms with E-state index in [0.717, 1.165) is 12.5 Å². The first-order valence-corrected chi connectivity index (χ1v) is 5.62. The molecule has 0 atom stereocenters. The van der Waals surface area contributed by atoms with Crippen LogP contribution in [0.2, 0.25) is 0 Å². The van der Waals surface area contributed by atoms with Crippen molar-refractivity contribution in [2.75, 3.05) is 30.8 Å². The van der Waals surface area contributed by atoms with Gasteiger partial charge in [-0.3, -0.25) is 0 Å². The maximum Gasteiger partial charge on any atom is 0.148 e. The van der Waals surface area contributed by atoms with Crippen LogP contribution in [0, 0.1) is 11.7 Å². The molecule has 88 valence electrons. The molecule has 0 heterocycles. The largest absolute Gasteiger partial charge is 0.399 e. The van der Waals surface area contributed by atoms with Crippen LogP contribution in [-0.4, -0.2) is 19.8 Å². The Kier molecular flexibility index (Phi) is 3.62. The number of hydrogen-bond acceptors (Lipinski definition) is 3. The summed E-state index contributed by atoms with van der Waals surface area (Å²) in [6, 6.07) is 4.63. The van der Waals surface area contributed by atoms with Crippen LogP contribution in [0.5, 0.6) is 0 Å². The third-order valence-electron chi connectivity index (χ3n) is 2.61. The summed E-state index contributed by atoms with van der Waals surface area (Å²) in [6.45, 7) is 2.07. The third kappa shape index (κ3) is 3.38. The highest BCUT2D eigenvalue weighted by Crippen LogP contribution is 2.28. The lowest BCUT2D eigenvalue weighted by Gasteiger charge is -2.08. The van der Waals surface area contributed by atoms with Crippen LogP contribution in [-0.2, 0) is 4.74 Å². The number of nitrogens with two attached hydrogens (primary N) is 1. The summed E-state index contributed by atoms with van der Waals surface area (Å²) < 4.78 is 18.7. The second-order valence-electron chi connectivity index (χ2n) is 4.18. The molecule has 1 saturated carbocycles. The second kappa shape index (κ2) is 5.16. The van der Waals surface area contributed by atoms with Gasteiger partial charge in [0.2, 0.25) is 0 Å². The van der Waals surface area contributed by atoms with E-state index in [1.54, 1.807) is 12.1 Å². The quantitative estimate of drug-likeness (QED) is 0.575. The number of nitrogens with one attached hydrogen (secondary N) is 1. The average Bonchev–Trinajstić information content (AvgIpc) is 3.04. The summed E-state index contributed by atoms with van der Waals surface area (Å²) in [5, 5.41) is 2.98. The zero-order valence-corrected chi connectivity index (χ0v) is 9.21. The minimum Gasteiger partial charge on any atom is -0.399 e. The Bertz CT molecular complexity index is 353. The molecule has 3 nitrogen and oxygen atoms in total. The van der Waals surface area contributed by atoms with Gasteiger partial charge in [-0.2, -0.15) is 0 Å².